The maximum atomic E-state index is 12.6. The Morgan fingerprint density at radius 1 is 1.44 bits per heavy atom. The van der Waals surface area contributed by atoms with Crippen molar-refractivity contribution in [3.05, 3.63) is 0 Å². The second-order valence-electron chi connectivity index (χ2n) is 5.43. The first-order valence-corrected chi connectivity index (χ1v) is 6.96. The SMILES string of the molecule is NC1(C(=O)N2CCCC2CCCO)CCOCC1. The number of aliphatic hydroxyl groups is 1. The van der Waals surface area contributed by atoms with E-state index in [1.807, 2.05) is 4.90 Å². The molecule has 1 amide bonds. The van der Waals surface area contributed by atoms with E-state index in [0.717, 1.165) is 32.2 Å². The van der Waals surface area contributed by atoms with Gasteiger partial charge in [-0.2, -0.15) is 0 Å². The molecule has 0 bridgehead atoms. The third-order valence-corrected chi connectivity index (χ3v) is 4.14. The molecule has 104 valence electrons. The maximum Gasteiger partial charge on any atom is 0.243 e. The van der Waals surface area contributed by atoms with E-state index in [1.165, 1.54) is 0 Å². The Morgan fingerprint density at radius 2 is 2.17 bits per heavy atom. The van der Waals surface area contributed by atoms with Gasteiger partial charge in [0, 0.05) is 32.4 Å². The summed E-state index contributed by atoms with van der Waals surface area (Å²) < 4.78 is 5.29. The molecule has 0 aromatic rings. The lowest BCUT2D eigenvalue weighted by atomic mass is 9.89. The standard InChI is InChI=1S/C13H24N2O3/c14-13(5-9-18-10-6-13)12(17)15-7-1-3-11(15)4-2-8-16/h11,16H,1-10,14H2. The number of likely N-dealkylation sites (tertiary alicyclic amines) is 1. The molecule has 0 saturated carbocycles. The fourth-order valence-electron chi connectivity index (χ4n) is 2.97. The zero-order valence-electron chi connectivity index (χ0n) is 10.9. The van der Waals surface area contributed by atoms with Gasteiger partial charge in [-0.1, -0.05) is 0 Å². The Morgan fingerprint density at radius 3 is 2.83 bits per heavy atom. The Labute approximate surface area is 108 Å². The van der Waals surface area contributed by atoms with Crippen molar-refractivity contribution in [1.82, 2.24) is 4.90 Å². The molecule has 0 aromatic carbocycles. The van der Waals surface area contributed by atoms with Gasteiger partial charge in [0.25, 0.3) is 0 Å². The van der Waals surface area contributed by atoms with Crippen LogP contribution >= 0.6 is 0 Å². The number of hydrogen-bond acceptors (Lipinski definition) is 4. The maximum absolute atomic E-state index is 12.6. The number of nitrogens with two attached hydrogens (primary N) is 1. The molecule has 0 aliphatic carbocycles. The highest BCUT2D eigenvalue weighted by Crippen LogP contribution is 2.27. The lowest BCUT2D eigenvalue weighted by molar-refractivity contribution is -0.141. The first kappa shape index (κ1) is 13.8. The van der Waals surface area contributed by atoms with Crippen molar-refractivity contribution in [2.75, 3.05) is 26.4 Å². The third-order valence-electron chi connectivity index (χ3n) is 4.14. The van der Waals surface area contributed by atoms with E-state index in [0.29, 0.717) is 26.1 Å². The summed E-state index contributed by atoms with van der Waals surface area (Å²) >= 11 is 0. The van der Waals surface area contributed by atoms with E-state index in [-0.39, 0.29) is 18.6 Å². The van der Waals surface area contributed by atoms with Crippen LogP contribution in [-0.4, -0.2) is 53.9 Å². The minimum Gasteiger partial charge on any atom is -0.396 e. The molecule has 5 heteroatoms. The fourth-order valence-corrected chi connectivity index (χ4v) is 2.97. The smallest absolute Gasteiger partial charge is 0.243 e. The van der Waals surface area contributed by atoms with Gasteiger partial charge in [-0.3, -0.25) is 4.79 Å². The van der Waals surface area contributed by atoms with Crippen LogP contribution in [0.2, 0.25) is 0 Å². The van der Waals surface area contributed by atoms with Gasteiger partial charge in [-0.15, -0.1) is 0 Å². The van der Waals surface area contributed by atoms with Crippen molar-refractivity contribution in [2.24, 2.45) is 5.73 Å². The number of nitrogens with zero attached hydrogens (tertiary/aromatic N) is 1. The number of amides is 1. The van der Waals surface area contributed by atoms with Crippen LogP contribution in [0.4, 0.5) is 0 Å². The van der Waals surface area contributed by atoms with Gasteiger partial charge < -0.3 is 20.5 Å². The van der Waals surface area contributed by atoms with Gasteiger partial charge in [-0.05, 0) is 38.5 Å². The van der Waals surface area contributed by atoms with E-state index in [9.17, 15) is 4.79 Å². The first-order chi connectivity index (χ1) is 8.67. The monoisotopic (exact) mass is 256 g/mol. The molecule has 3 N–H and O–H groups in total. The topological polar surface area (TPSA) is 75.8 Å². The van der Waals surface area contributed by atoms with E-state index >= 15 is 0 Å². The lowest BCUT2D eigenvalue weighted by Gasteiger charge is -2.37. The summed E-state index contributed by atoms with van der Waals surface area (Å²) in [5.74, 6) is 0.0891. The van der Waals surface area contributed by atoms with Crippen LogP contribution in [0.5, 0.6) is 0 Å². The van der Waals surface area contributed by atoms with Gasteiger partial charge in [0.05, 0.1) is 5.54 Å². The van der Waals surface area contributed by atoms with Gasteiger partial charge in [0.15, 0.2) is 0 Å². The van der Waals surface area contributed by atoms with Crippen LogP contribution in [0.3, 0.4) is 0 Å². The minimum atomic E-state index is -0.722. The lowest BCUT2D eigenvalue weighted by Crippen LogP contribution is -2.58. The normalized spacial score (nSPS) is 27.4. The molecule has 0 radical (unpaired) electrons. The van der Waals surface area contributed by atoms with Gasteiger partial charge in [0.1, 0.15) is 0 Å². The molecule has 2 heterocycles. The molecule has 2 fully saturated rings. The average molecular weight is 256 g/mol. The summed E-state index contributed by atoms with van der Waals surface area (Å²) in [6.07, 6.45) is 4.97. The molecule has 1 atom stereocenters. The van der Waals surface area contributed by atoms with Gasteiger partial charge >= 0.3 is 0 Å². The van der Waals surface area contributed by atoms with Crippen LogP contribution in [0.1, 0.15) is 38.5 Å². The Balaban J connectivity index is 1.98. The average Bonchev–Trinajstić information content (AvgIpc) is 2.84. The summed E-state index contributed by atoms with van der Waals surface area (Å²) in [7, 11) is 0. The zero-order valence-corrected chi connectivity index (χ0v) is 10.9. The van der Waals surface area contributed by atoms with Crippen LogP contribution in [0.15, 0.2) is 0 Å². The van der Waals surface area contributed by atoms with E-state index < -0.39 is 5.54 Å². The third kappa shape index (κ3) is 2.84. The van der Waals surface area contributed by atoms with E-state index in [1.54, 1.807) is 0 Å². The summed E-state index contributed by atoms with van der Waals surface area (Å²) in [6.45, 7) is 2.17. The summed E-state index contributed by atoms with van der Waals surface area (Å²) in [5.41, 5.74) is 5.53. The molecule has 0 aromatic heterocycles. The summed E-state index contributed by atoms with van der Waals surface area (Å²) in [6, 6.07) is 0.271. The highest BCUT2D eigenvalue weighted by atomic mass is 16.5. The van der Waals surface area contributed by atoms with Crippen LogP contribution in [0, 0.1) is 0 Å². The summed E-state index contributed by atoms with van der Waals surface area (Å²) in [4.78, 5) is 14.5. The summed E-state index contributed by atoms with van der Waals surface area (Å²) in [5, 5.41) is 8.91. The van der Waals surface area contributed by atoms with Gasteiger partial charge in [-0.25, -0.2) is 0 Å². The quantitative estimate of drug-likeness (QED) is 0.756. The van der Waals surface area contributed by atoms with Crippen molar-refractivity contribution < 1.29 is 14.6 Å². The second-order valence-corrected chi connectivity index (χ2v) is 5.43. The number of carbonyl (C=O) groups excluding carboxylic acids is 1. The Hall–Kier alpha value is -0.650. The van der Waals surface area contributed by atoms with Crippen molar-refractivity contribution in [3.63, 3.8) is 0 Å². The molecule has 2 aliphatic rings. The zero-order chi connectivity index (χ0) is 13.0. The molecule has 2 saturated heterocycles. The minimum absolute atomic E-state index is 0.0891. The number of hydrogen-bond donors (Lipinski definition) is 2. The molecular weight excluding hydrogens is 232 g/mol. The van der Waals surface area contributed by atoms with Crippen molar-refractivity contribution in [3.8, 4) is 0 Å². The van der Waals surface area contributed by atoms with E-state index in [2.05, 4.69) is 0 Å². The number of aliphatic hydroxyl groups excluding tert-OH is 1. The van der Waals surface area contributed by atoms with Crippen LogP contribution < -0.4 is 5.73 Å². The molecule has 0 spiro atoms. The molecule has 2 aliphatic heterocycles. The molecular formula is C13H24N2O3. The van der Waals surface area contributed by atoms with Gasteiger partial charge in [0.2, 0.25) is 5.91 Å². The molecule has 2 rings (SSSR count). The van der Waals surface area contributed by atoms with Crippen LogP contribution in [-0.2, 0) is 9.53 Å². The van der Waals surface area contributed by atoms with Crippen LogP contribution in [0.25, 0.3) is 0 Å². The van der Waals surface area contributed by atoms with Crippen molar-refractivity contribution >= 4 is 5.91 Å². The first-order valence-electron chi connectivity index (χ1n) is 6.96. The predicted molar refractivity (Wildman–Crippen MR) is 68.0 cm³/mol. The second kappa shape index (κ2) is 5.99. The largest absolute Gasteiger partial charge is 0.396 e. The molecule has 18 heavy (non-hydrogen) atoms. The molecule has 5 nitrogen and oxygen atoms in total. The van der Waals surface area contributed by atoms with Crippen molar-refractivity contribution in [1.29, 1.82) is 0 Å². The van der Waals surface area contributed by atoms with E-state index in [4.69, 9.17) is 15.6 Å². The number of carbonyl (C=O) groups is 1. The Kier molecular flexibility index (Phi) is 4.59. The Bertz CT molecular complexity index is 290. The number of rotatable bonds is 4. The highest BCUT2D eigenvalue weighted by molar-refractivity contribution is 5.86. The van der Waals surface area contributed by atoms with Crippen molar-refractivity contribution in [2.45, 2.75) is 50.1 Å². The number of ether oxygens (including phenoxy) is 1. The highest BCUT2D eigenvalue weighted by Gasteiger charge is 2.42. The molecule has 1 unspecified atom stereocenters. The fraction of sp³-hybridized carbons (Fsp3) is 0.923. The predicted octanol–water partition coefficient (Wildman–Crippen LogP) is 0.258.